The van der Waals surface area contributed by atoms with Gasteiger partial charge in [-0.1, -0.05) is 0 Å². The van der Waals surface area contributed by atoms with Crippen molar-refractivity contribution >= 4 is 98.7 Å². The van der Waals surface area contributed by atoms with Crippen molar-refractivity contribution in [2.45, 2.75) is 26.5 Å². The minimum atomic E-state index is -5.40. The molecule has 3 aromatic carbocycles. The van der Waals surface area contributed by atoms with Crippen LogP contribution in [0.4, 0.5) is 34.1 Å². The van der Waals surface area contributed by atoms with Crippen molar-refractivity contribution in [1.82, 2.24) is 0 Å². The van der Waals surface area contributed by atoms with Crippen molar-refractivity contribution in [3.63, 3.8) is 0 Å². The van der Waals surface area contributed by atoms with Gasteiger partial charge in [-0.15, -0.1) is 19.7 Å². The van der Waals surface area contributed by atoms with Gasteiger partial charge in [0.25, 0.3) is 0 Å². The summed E-state index contributed by atoms with van der Waals surface area (Å²) in [4.78, 5) is -2.14. The van der Waals surface area contributed by atoms with E-state index in [9.17, 15) is 53.3 Å². The predicted molar refractivity (Wildman–Crippen MR) is 173 cm³/mol. The molecule has 0 spiro atoms. The molecule has 0 aliphatic heterocycles. The number of anilines is 2. The predicted octanol–water partition coefficient (Wildman–Crippen LogP) is -11.0. The van der Waals surface area contributed by atoms with E-state index >= 15 is 0 Å². The van der Waals surface area contributed by atoms with Gasteiger partial charge in [0, 0.05) is 0 Å². The van der Waals surface area contributed by atoms with E-state index in [0.29, 0.717) is 6.07 Å². The van der Waals surface area contributed by atoms with Gasteiger partial charge in [0.1, 0.15) is 27.2 Å². The minimum Gasteiger partial charge on any atom is -0.744 e. The molecule has 0 aliphatic carbocycles. The molecular formula is C23H22N6Na4O18S6. The van der Waals surface area contributed by atoms with Crippen LogP contribution in [0.3, 0.4) is 0 Å². The van der Waals surface area contributed by atoms with E-state index in [1.807, 2.05) is 0 Å². The molecule has 0 radical (unpaired) electrons. The number of sulfone groups is 2. The molecule has 0 fully saturated rings. The van der Waals surface area contributed by atoms with E-state index in [4.69, 9.17) is 11.5 Å². The Kier molecular flexibility index (Phi) is 28.2. The molecule has 34 heteroatoms. The molecule has 3 rings (SSSR count). The normalized spacial score (nSPS) is 12.1. The zero-order valence-electron chi connectivity index (χ0n) is 30.1. The smallest absolute Gasteiger partial charge is 0.744 e. The monoisotopic (exact) mass is 954 g/mol. The van der Waals surface area contributed by atoms with Gasteiger partial charge in [0.2, 0.25) is 10.4 Å². The van der Waals surface area contributed by atoms with Gasteiger partial charge in [-0.2, -0.15) is 9.45 Å². The SMILES string of the molecule is Cc1c(N)c(N=Nc2ccc(S(=O)(=O)CCOS(=O)(=O)[O-])cc2)c(N)c(N=Nc2ccc(S(=O)(=O)CCOSOO[O-])cc2S(=O)(=O)[O-])c1SOO[O-].[Na+].[Na+].[Na+].[Na+]. The first-order valence-electron chi connectivity index (χ1n) is 13.4. The van der Waals surface area contributed by atoms with Crippen molar-refractivity contribution in [3.8, 4) is 0 Å². The van der Waals surface area contributed by atoms with Gasteiger partial charge in [-0.3, -0.25) is 18.4 Å². The van der Waals surface area contributed by atoms with Crippen molar-refractivity contribution in [2.75, 3.05) is 36.2 Å². The van der Waals surface area contributed by atoms with Crippen molar-refractivity contribution in [3.05, 3.63) is 48.0 Å². The molecule has 0 aliphatic rings. The Morgan fingerprint density at radius 2 is 1.23 bits per heavy atom. The Morgan fingerprint density at radius 3 is 1.79 bits per heavy atom. The quantitative estimate of drug-likeness (QED) is 0.0122. The van der Waals surface area contributed by atoms with Crippen LogP contribution < -0.4 is 140 Å². The standard InChI is InChI=1S/C23H26N6O18S6.4Na/c1-13-19(24)21(28-26-14-2-4-15(5-3-14)50(32,33)11-9-43-53(39,40)41)20(25)22(23(13)48-46-44-30)29-27-17-7-6-16(12-18(17)52(36,37)38)51(34,35)10-8-42-49-47-45-31;;;;/h2-7,12,30-31H,8-11,24-25H2,1H3,(H,36,37,38)(H,39,40,41);;;;/q;4*+1/p-4. The van der Waals surface area contributed by atoms with Crippen LogP contribution >= 0.6 is 24.4 Å². The molecule has 3 aromatic rings. The Hall–Kier alpha value is 0.560. The molecular weight excluding hydrogens is 933 g/mol. The molecule has 0 saturated heterocycles. The molecule has 0 heterocycles. The third-order valence-electron chi connectivity index (χ3n) is 6.27. The van der Waals surface area contributed by atoms with E-state index in [1.165, 1.54) is 19.1 Å². The molecule has 0 amide bonds. The second-order valence-corrected chi connectivity index (χ2v) is 17.4. The number of rotatable bonds is 20. The van der Waals surface area contributed by atoms with Crippen LogP contribution in [0.25, 0.3) is 0 Å². The number of benzene rings is 3. The van der Waals surface area contributed by atoms with Crippen LogP contribution in [0.1, 0.15) is 5.56 Å². The Bertz CT molecular complexity index is 2310. The van der Waals surface area contributed by atoms with E-state index < -0.39 is 86.1 Å². The van der Waals surface area contributed by atoms with Gasteiger partial charge < -0.3 is 31.1 Å². The summed E-state index contributed by atoms with van der Waals surface area (Å²) in [6.07, 6.45) is 0. The minimum absolute atomic E-state index is 0. The zero-order valence-corrected chi connectivity index (χ0v) is 43.0. The van der Waals surface area contributed by atoms with Gasteiger partial charge in [0.15, 0.2) is 32.0 Å². The van der Waals surface area contributed by atoms with Crippen LogP contribution in [-0.2, 0) is 67.3 Å². The summed E-state index contributed by atoms with van der Waals surface area (Å²) in [5, 5.41) is 42.4. The molecule has 292 valence electrons. The topological polar surface area (TPSA) is 386 Å². The maximum absolute atomic E-state index is 12.7. The number of nitrogens with two attached hydrogens (primary N) is 2. The fourth-order valence-corrected chi connectivity index (χ4v) is 7.99. The first-order valence-corrected chi connectivity index (χ1v) is 20.9. The fraction of sp³-hybridized carbons (Fsp3) is 0.217. The summed E-state index contributed by atoms with van der Waals surface area (Å²) in [6, 6.07) is 6.87. The summed E-state index contributed by atoms with van der Waals surface area (Å²) in [7, 11) is -18.9. The summed E-state index contributed by atoms with van der Waals surface area (Å²) in [5.41, 5.74) is 10.7. The van der Waals surface area contributed by atoms with E-state index in [-0.39, 0.29) is 181 Å². The van der Waals surface area contributed by atoms with Crippen LogP contribution in [0, 0.1) is 6.92 Å². The summed E-state index contributed by atoms with van der Waals surface area (Å²) in [5.74, 6) is -1.58. The molecule has 0 aromatic heterocycles. The molecule has 0 bridgehead atoms. The second-order valence-electron chi connectivity index (χ2n) is 9.57. The number of nitrogen functional groups attached to an aromatic ring is 2. The zero-order chi connectivity index (χ0) is 39.6. The van der Waals surface area contributed by atoms with Crippen molar-refractivity contribution < 1.29 is 199 Å². The molecule has 57 heavy (non-hydrogen) atoms. The van der Waals surface area contributed by atoms with Gasteiger partial charge in [-0.05, 0) is 55.0 Å². The largest absolute Gasteiger partial charge is 1.00 e. The fourth-order valence-electron chi connectivity index (χ4n) is 3.81. The van der Waals surface area contributed by atoms with E-state index in [1.54, 1.807) is 0 Å². The summed E-state index contributed by atoms with van der Waals surface area (Å²) >= 11 is 0.290. The first-order chi connectivity index (χ1) is 24.7. The Morgan fingerprint density at radius 1 is 0.684 bits per heavy atom. The van der Waals surface area contributed by atoms with Gasteiger partial charge >= 0.3 is 118 Å². The maximum Gasteiger partial charge on any atom is 1.00 e. The molecule has 24 nitrogen and oxygen atoms in total. The summed E-state index contributed by atoms with van der Waals surface area (Å²) < 4.78 is 135. The number of azo groups is 2. The number of hydrogen-bond donors (Lipinski definition) is 2. The van der Waals surface area contributed by atoms with Gasteiger partial charge in [0.05, 0.1) is 73.4 Å². The first kappa shape index (κ1) is 59.7. The van der Waals surface area contributed by atoms with Crippen LogP contribution in [0.15, 0.2) is 82.5 Å². The van der Waals surface area contributed by atoms with Crippen LogP contribution in [0.2, 0.25) is 0 Å². The number of hydrogen-bond acceptors (Lipinski definition) is 26. The van der Waals surface area contributed by atoms with Crippen molar-refractivity contribution in [2.24, 2.45) is 20.5 Å². The molecule has 0 saturated carbocycles. The molecule has 4 N–H and O–H groups in total. The van der Waals surface area contributed by atoms with E-state index in [2.05, 4.69) is 47.6 Å². The van der Waals surface area contributed by atoms with Gasteiger partial charge in [-0.25, -0.2) is 33.7 Å². The second kappa shape index (κ2) is 26.9. The molecule has 0 unspecified atom stereocenters. The van der Waals surface area contributed by atoms with E-state index in [0.717, 1.165) is 24.3 Å². The summed E-state index contributed by atoms with van der Waals surface area (Å²) in [6.45, 7) is -0.0748. The molecule has 0 atom stereocenters. The number of nitrogens with zero attached hydrogens (tertiary/aromatic N) is 4. The third kappa shape index (κ3) is 18.4. The van der Waals surface area contributed by atoms with Crippen molar-refractivity contribution in [1.29, 1.82) is 0 Å². The maximum atomic E-state index is 12.7. The Labute approximate surface area is 422 Å². The van der Waals surface area contributed by atoms with Crippen LogP contribution in [-0.4, -0.2) is 67.5 Å². The van der Waals surface area contributed by atoms with Crippen LogP contribution in [0.5, 0.6) is 0 Å². The average molecular weight is 955 g/mol. The third-order valence-corrected chi connectivity index (χ3v) is 12.1. The Balaban J connectivity index is 0. The average Bonchev–Trinajstić information content (AvgIpc) is 3.07.